The summed E-state index contributed by atoms with van der Waals surface area (Å²) in [6.07, 6.45) is 3.65. The third-order valence-electron chi connectivity index (χ3n) is 4.89. The van der Waals surface area contributed by atoms with Crippen molar-refractivity contribution in [3.8, 4) is 0 Å². The summed E-state index contributed by atoms with van der Waals surface area (Å²) in [6, 6.07) is -0.0383. The Morgan fingerprint density at radius 1 is 1.14 bits per heavy atom. The average molecular weight is 297 g/mol. The van der Waals surface area contributed by atoms with Crippen LogP contribution in [0.25, 0.3) is 0 Å². The third kappa shape index (κ3) is 3.55. The van der Waals surface area contributed by atoms with Gasteiger partial charge in [-0.05, 0) is 39.2 Å². The Labute approximate surface area is 126 Å². The predicted molar refractivity (Wildman–Crippen MR) is 80.1 cm³/mol. The van der Waals surface area contributed by atoms with Crippen molar-refractivity contribution < 1.29 is 14.7 Å². The van der Waals surface area contributed by atoms with Crippen LogP contribution in [-0.4, -0.2) is 83.5 Å². The van der Waals surface area contributed by atoms with Crippen molar-refractivity contribution in [1.29, 1.82) is 0 Å². The van der Waals surface area contributed by atoms with Crippen LogP contribution in [-0.2, 0) is 9.59 Å². The van der Waals surface area contributed by atoms with E-state index < -0.39 is 5.97 Å². The monoisotopic (exact) mass is 297 g/mol. The van der Waals surface area contributed by atoms with Gasteiger partial charge in [-0.25, -0.2) is 0 Å². The Morgan fingerprint density at radius 3 is 2.29 bits per heavy atom. The second kappa shape index (κ2) is 6.75. The van der Waals surface area contributed by atoms with Gasteiger partial charge in [0.25, 0.3) is 0 Å². The zero-order valence-electron chi connectivity index (χ0n) is 13.3. The number of nitrogens with zero attached hydrogens (tertiary/aromatic N) is 3. The molecule has 6 heteroatoms. The Kier molecular flexibility index (Phi) is 5.22. The minimum absolute atomic E-state index is 0.0881. The highest BCUT2D eigenvalue weighted by Gasteiger charge is 2.37. The van der Waals surface area contributed by atoms with Crippen LogP contribution in [0, 0.1) is 0 Å². The molecule has 0 spiro atoms. The second-order valence-electron chi connectivity index (χ2n) is 6.41. The molecule has 2 saturated heterocycles. The zero-order chi connectivity index (χ0) is 15.6. The van der Waals surface area contributed by atoms with Gasteiger partial charge >= 0.3 is 5.97 Å². The molecule has 0 aliphatic carbocycles. The van der Waals surface area contributed by atoms with Gasteiger partial charge in [0.15, 0.2) is 0 Å². The Balaban J connectivity index is 1.88. The molecule has 2 rings (SSSR count). The lowest BCUT2D eigenvalue weighted by molar-refractivity contribution is -0.143. The zero-order valence-corrected chi connectivity index (χ0v) is 13.3. The largest absolute Gasteiger partial charge is 0.480 e. The van der Waals surface area contributed by atoms with E-state index in [4.69, 9.17) is 0 Å². The average Bonchev–Trinajstić information content (AvgIpc) is 2.95. The van der Waals surface area contributed by atoms with Crippen LogP contribution in [0.2, 0.25) is 0 Å². The van der Waals surface area contributed by atoms with Gasteiger partial charge in [0, 0.05) is 33.2 Å². The maximum Gasteiger partial charge on any atom is 0.320 e. The van der Waals surface area contributed by atoms with Crippen LogP contribution in [0.1, 0.15) is 32.6 Å². The molecule has 2 atom stereocenters. The van der Waals surface area contributed by atoms with Crippen molar-refractivity contribution in [3.63, 3.8) is 0 Å². The topological polar surface area (TPSA) is 64.1 Å². The maximum absolute atomic E-state index is 12.0. The van der Waals surface area contributed by atoms with Crippen LogP contribution < -0.4 is 0 Å². The smallest absolute Gasteiger partial charge is 0.320 e. The summed E-state index contributed by atoms with van der Waals surface area (Å²) < 4.78 is 0. The third-order valence-corrected chi connectivity index (χ3v) is 4.89. The maximum atomic E-state index is 12.0. The van der Waals surface area contributed by atoms with E-state index in [1.54, 1.807) is 19.0 Å². The summed E-state index contributed by atoms with van der Waals surface area (Å²) in [6.45, 7) is 4.59. The number of likely N-dealkylation sites (N-methyl/N-ethyl adjacent to an activating group) is 1. The van der Waals surface area contributed by atoms with Crippen molar-refractivity contribution >= 4 is 11.9 Å². The van der Waals surface area contributed by atoms with Crippen LogP contribution in [0.15, 0.2) is 0 Å². The molecule has 2 aliphatic heterocycles. The standard InChI is InChI=1S/C15H27N3O3/c1-11(14(19)16(2)3)17-9-6-12(7-10-17)18-8-4-5-13(18)15(20)21/h11-13H,4-10H2,1-3H3,(H,20,21). The van der Waals surface area contributed by atoms with E-state index >= 15 is 0 Å². The highest BCUT2D eigenvalue weighted by Crippen LogP contribution is 2.26. The highest BCUT2D eigenvalue weighted by molar-refractivity contribution is 5.80. The minimum atomic E-state index is -0.689. The quantitative estimate of drug-likeness (QED) is 0.817. The van der Waals surface area contributed by atoms with E-state index in [9.17, 15) is 14.7 Å². The molecule has 2 unspecified atom stereocenters. The first-order valence-corrected chi connectivity index (χ1v) is 7.85. The first-order valence-electron chi connectivity index (χ1n) is 7.85. The highest BCUT2D eigenvalue weighted by atomic mass is 16.4. The van der Waals surface area contributed by atoms with E-state index in [-0.39, 0.29) is 18.0 Å². The van der Waals surface area contributed by atoms with E-state index in [0.29, 0.717) is 6.04 Å². The van der Waals surface area contributed by atoms with Crippen molar-refractivity contribution in [2.24, 2.45) is 0 Å². The number of amides is 1. The van der Waals surface area contributed by atoms with E-state index in [1.807, 2.05) is 6.92 Å². The Hall–Kier alpha value is -1.14. The molecule has 0 bridgehead atoms. The molecule has 0 radical (unpaired) electrons. The van der Waals surface area contributed by atoms with Gasteiger partial charge in [0.2, 0.25) is 5.91 Å². The molecular weight excluding hydrogens is 270 g/mol. The van der Waals surface area contributed by atoms with Crippen LogP contribution in [0.5, 0.6) is 0 Å². The number of likely N-dealkylation sites (tertiary alicyclic amines) is 2. The minimum Gasteiger partial charge on any atom is -0.480 e. The summed E-state index contributed by atoms with van der Waals surface area (Å²) in [5, 5.41) is 9.29. The molecule has 0 aromatic rings. The number of rotatable bonds is 4. The fourth-order valence-electron chi connectivity index (χ4n) is 3.63. The fraction of sp³-hybridized carbons (Fsp3) is 0.867. The molecule has 0 aromatic heterocycles. The summed E-state index contributed by atoms with van der Waals surface area (Å²) in [7, 11) is 3.57. The number of hydrogen-bond acceptors (Lipinski definition) is 4. The molecule has 1 N–H and O–H groups in total. The number of carboxylic acid groups (broad SMARTS) is 1. The lowest BCUT2D eigenvalue weighted by Crippen LogP contribution is -2.53. The molecule has 6 nitrogen and oxygen atoms in total. The van der Waals surface area contributed by atoms with Gasteiger partial charge in [0.05, 0.1) is 6.04 Å². The van der Waals surface area contributed by atoms with Crippen molar-refractivity contribution in [2.45, 2.75) is 50.7 Å². The van der Waals surface area contributed by atoms with Gasteiger partial charge in [-0.2, -0.15) is 0 Å². The number of piperidine rings is 1. The summed E-state index contributed by atoms with van der Waals surface area (Å²) in [4.78, 5) is 29.3. The normalized spacial score (nSPS) is 26.7. The number of carbonyl (C=O) groups is 2. The van der Waals surface area contributed by atoms with Crippen LogP contribution in [0.3, 0.4) is 0 Å². The fourth-order valence-corrected chi connectivity index (χ4v) is 3.63. The predicted octanol–water partition coefficient (Wildman–Crippen LogP) is 0.477. The molecular formula is C15H27N3O3. The van der Waals surface area contributed by atoms with Crippen LogP contribution in [0.4, 0.5) is 0 Å². The van der Waals surface area contributed by atoms with E-state index in [1.165, 1.54) is 0 Å². The van der Waals surface area contributed by atoms with Gasteiger partial charge in [-0.1, -0.05) is 0 Å². The van der Waals surface area contributed by atoms with Crippen molar-refractivity contribution in [2.75, 3.05) is 33.7 Å². The van der Waals surface area contributed by atoms with Gasteiger partial charge < -0.3 is 10.0 Å². The van der Waals surface area contributed by atoms with Gasteiger partial charge in [-0.3, -0.25) is 19.4 Å². The van der Waals surface area contributed by atoms with E-state index in [2.05, 4.69) is 9.80 Å². The molecule has 0 aromatic carbocycles. The van der Waals surface area contributed by atoms with Gasteiger partial charge in [-0.15, -0.1) is 0 Å². The number of aliphatic carboxylic acids is 1. The summed E-state index contributed by atoms with van der Waals surface area (Å²) in [5.41, 5.74) is 0. The lowest BCUT2D eigenvalue weighted by atomic mass is 10.0. The molecule has 21 heavy (non-hydrogen) atoms. The molecule has 1 amide bonds. The Morgan fingerprint density at radius 2 is 1.76 bits per heavy atom. The molecule has 2 fully saturated rings. The van der Waals surface area contributed by atoms with Gasteiger partial charge in [0.1, 0.15) is 6.04 Å². The summed E-state index contributed by atoms with van der Waals surface area (Å²) >= 11 is 0. The van der Waals surface area contributed by atoms with E-state index in [0.717, 1.165) is 45.3 Å². The Bertz CT molecular complexity index is 392. The summed E-state index contributed by atoms with van der Waals surface area (Å²) in [5.74, 6) is -0.552. The van der Waals surface area contributed by atoms with Crippen molar-refractivity contribution in [3.05, 3.63) is 0 Å². The first-order chi connectivity index (χ1) is 9.91. The molecule has 0 saturated carbocycles. The number of carboxylic acids is 1. The number of hydrogen-bond donors (Lipinski definition) is 1. The number of carbonyl (C=O) groups excluding carboxylic acids is 1. The van der Waals surface area contributed by atoms with Crippen molar-refractivity contribution in [1.82, 2.24) is 14.7 Å². The second-order valence-corrected chi connectivity index (χ2v) is 6.41. The molecule has 120 valence electrons. The first kappa shape index (κ1) is 16.2. The lowest BCUT2D eigenvalue weighted by Gasteiger charge is -2.40. The van der Waals surface area contributed by atoms with Crippen LogP contribution >= 0.6 is 0 Å². The molecule has 2 heterocycles. The SMILES string of the molecule is CC(C(=O)N(C)C)N1CCC(N2CCCC2C(=O)O)CC1. The molecule has 2 aliphatic rings.